The molecular weight excluding hydrogens is 834 g/mol. The van der Waals surface area contributed by atoms with Gasteiger partial charge >= 0.3 is 21.1 Å². The third-order valence-corrected chi connectivity index (χ3v) is 10.5. The van der Waals surface area contributed by atoms with Crippen LogP contribution in [-0.2, 0) is 21.1 Å². The third kappa shape index (κ3) is 4.63. The molecule has 0 N–H and O–H groups in total. The number of benzene rings is 6. The Morgan fingerprint density at radius 2 is 1.34 bits per heavy atom. The second-order valence-corrected chi connectivity index (χ2v) is 13.8. The zero-order valence-corrected chi connectivity index (χ0v) is 31.3. The first-order valence-corrected chi connectivity index (χ1v) is 17.5. The zero-order valence-electron chi connectivity index (χ0n) is 29.0. The number of ether oxygens (including phenoxy) is 2. The van der Waals surface area contributed by atoms with Crippen LogP contribution >= 0.6 is 0 Å². The first kappa shape index (κ1) is 31.8. The number of aromatic nitrogens is 4. The minimum atomic E-state index is -0.237. The average Bonchev–Trinajstić information content (AvgIpc) is 3.69. The first-order chi connectivity index (χ1) is 25.5. The average molecular weight is 864 g/mol. The summed E-state index contributed by atoms with van der Waals surface area (Å²) in [5, 5.41) is 2.18. The number of nitrogens with zero attached hydrogens (tertiary/aromatic N) is 4. The van der Waals surface area contributed by atoms with E-state index in [0.717, 1.165) is 95.1 Å². The number of pyridine rings is 1. The third-order valence-electron chi connectivity index (χ3n) is 10.5. The molecule has 0 amide bonds. The van der Waals surface area contributed by atoms with E-state index in [4.69, 9.17) is 19.4 Å². The summed E-state index contributed by atoms with van der Waals surface area (Å²) in [4.78, 5) is 10.0. The molecule has 2 aliphatic heterocycles. The summed E-state index contributed by atoms with van der Waals surface area (Å²) in [6.07, 6.45) is 1.83. The van der Waals surface area contributed by atoms with E-state index in [0.29, 0.717) is 0 Å². The topological polar surface area (TPSA) is 54.1 Å². The predicted octanol–water partition coefficient (Wildman–Crippen LogP) is 8.44. The number of para-hydroxylation sites is 3. The monoisotopic (exact) mass is 863 g/mol. The molecule has 0 bridgehead atoms. The van der Waals surface area contributed by atoms with E-state index in [9.17, 15) is 0 Å². The van der Waals surface area contributed by atoms with Gasteiger partial charge in [0.25, 0.3) is 0 Å². The number of imidazole rings is 1. The Kier molecular flexibility index (Phi) is 7.08. The van der Waals surface area contributed by atoms with Crippen LogP contribution < -0.4 is 25.9 Å². The minimum Gasteiger partial charge on any atom is -0.518 e. The van der Waals surface area contributed by atoms with E-state index in [1.54, 1.807) is 0 Å². The fourth-order valence-electron chi connectivity index (χ4n) is 8.50. The molecule has 11 rings (SSSR count). The Morgan fingerprint density at radius 3 is 2.13 bits per heavy atom. The molecule has 3 aromatic heterocycles. The number of fused-ring (bicyclic) bond motifs is 8. The van der Waals surface area contributed by atoms with Crippen LogP contribution in [0.4, 0.5) is 0 Å². The van der Waals surface area contributed by atoms with Crippen LogP contribution in [0.5, 0.6) is 23.0 Å². The minimum absolute atomic E-state index is 0. The predicted molar refractivity (Wildman–Crippen MR) is 208 cm³/mol. The maximum absolute atomic E-state index is 6.71. The standard InChI is InChI=1S/C45H29BN4O2.Pt/c1-26-21-27(2)44(28(3)22-26)50-36-14-7-5-12-34(36)48-45(50)29-18-19-38-32(23-29)46-33-25-37-31(24-41(33)52-40-16-10-15-39(51-38)43(40)46)30-11-4-6-13-35(30)49(37)42-17-8-9-20-47-42;/h4-22,24H,1-3H3;/q-2;+2. The fraction of sp³-hybridized carbons (Fsp3) is 0.0667. The Morgan fingerprint density at radius 1 is 0.623 bits per heavy atom. The largest absolute Gasteiger partial charge is 2.00 e. The Bertz CT molecular complexity index is 2950. The van der Waals surface area contributed by atoms with Gasteiger partial charge in [-0.25, -0.2) is 4.98 Å². The van der Waals surface area contributed by atoms with Gasteiger partial charge in [-0.15, -0.1) is 40.8 Å². The smallest absolute Gasteiger partial charge is 0.518 e. The molecule has 5 heterocycles. The molecule has 0 aliphatic carbocycles. The summed E-state index contributed by atoms with van der Waals surface area (Å²) in [6, 6.07) is 47.3. The van der Waals surface area contributed by atoms with Crippen LogP contribution in [0.25, 0.3) is 55.7 Å². The molecular formula is C45H29BN4O2Pt. The van der Waals surface area contributed by atoms with Crippen molar-refractivity contribution in [3.8, 4) is 45.9 Å². The second-order valence-electron chi connectivity index (χ2n) is 13.8. The number of rotatable bonds is 3. The Labute approximate surface area is 321 Å². The van der Waals surface area contributed by atoms with Crippen molar-refractivity contribution in [1.29, 1.82) is 0 Å². The maximum Gasteiger partial charge on any atom is 2.00 e. The number of hydrogen-bond acceptors (Lipinski definition) is 4. The van der Waals surface area contributed by atoms with Crippen molar-refractivity contribution in [2.45, 2.75) is 20.8 Å². The van der Waals surface area contributed by atoms with Gasteiger partial charge in [-0.1, -0.05) is 71.1 Å². The molecule has 6 nitrogen and oxygen atoms in total. The van der Waals surface area contributed by atoms with Gasteiger partial charge in [0.15, 0.2) is 0 Å². The van der Waals surface area contributed by atoms with Crippen molar-refractivity contribution in [3.05, 3.63) is 150 Å². The van der Waals surface area contributed by atoms with Crippen LogP contribution in [0.3, 0.4) is 0 Å². The Balaban J connectivity index is 0.00000349. The van der Waals surface area contributed by atoms with Gasteiger partial charge in [-0.3, -0.25) is 4.98 Å². The molecule has 2 aliphatic rings. The second kappa shape index (κ2) is 11.8. The van der Waals surface area contributed by atoms with E-state index in [1.165, 1.54) is 16.7 Å². The molecule has 0 unspecified atom stereocenters. The van der Waals surface area contributed by atoms with Crippen molar-refractivity contribution in [2.75, 3.05) is 0 Å². The van der Waals surface area contributed by atoms with Gasteiger partial charge in [0, 0.05) is 34.4 Å². The van der Waals surface area contributed by atoms with Crippen LogP contribution in [0, 0.1) is 32.9 Å². The van der Waals surface area contributed by atoms with Gasteiger partial charge in [0.05, 0.1) is 16.9 Å². The molecule has 0 saturated carbocycles. The summed E-state index contributed by atoms with van der Waals surface area (Å²) in [5.41, 5.74) is 12.5. The van der Waals surface area contributed by atoms with E-state index in [1.807, 2.05) is 48.7 Å². The molecule has 9 aromatic rings. The summed E-state index contributed by atoms with van der Waals surface area (Å²) in [6.45, 7) is 6.26. The van der Waals surface area contributed by atoms with Gasteiger partial charge in [0.2, 0.25) is 6.71 Å². The zero-order chi connectivity index (χ0) is 34.7. The summed E-state index contributed by atoms with van der Waals surface area (Å²) < 4.78 is 17.8. The van der Waals surface area contributed by atoms with Crippen LogP contribution in [-0.4, -0.2) is 25.8 Å². The van der Waals surface area contributed by atoms with Gasteiger partial charge in [-0.2, -0.15) is 6.07 Å². The van der Waals surface area contributed by atoms with Crippen LogP contribution in [0.15, 0.2) is 121 Å². The van der Waals surface area contributed by atoms with Crippen molar-refractivity contribution in [2.24, 2.45) is 0 Å². The number of hydrogen-bond donors (Lipinski definition) is 0. The molecule has 254 valence electrons. The normalized spacial score (nSPS) is 12.5. The van der Waals surface area contributed by atoms with E-state index in [-0.39, 0.29) is 27.8 Å². The van der Waals surface area contributed by atoms with Crippen LogP contribution in [0.1, 0.15) is 16.7 Å². The molecule has 0 fully saturated rings. The van der Waals surface area contributed by atoms with Gasteiger partial charge in [-0.05, 0) is 79.7 Å². The molecule has 8 heteroatoms. The molecule has 0 saturated heterocycles. The quantitative estimate of drug-likeness (QED) is 0.132. The summed E-state index contributed by atoms with van der Waals surface area (Å²) in [5.74, 6) is 4.76. The van der Waals surface area contributed by atoms with Crippen molar-refractivity contribution >= 4 is 55.9 Å². The van der Waals surface area contributed by atoms with Gasteiger partial charge in [0.1, 0.15) is 17.3 Å². The van der Waals surface area contributed by atoms with Crippen molar-refractivity contribution < 1.29 is 30.5 Å². The molecule has 0 atom stereocenters. The van der Waals surface area contributed by atoms with E-state index in [2.05, 4.69) is 115 Å². The molecule has 0 radical (unpaired) electrons. The summed E-state index contributed by atoms with van der Waals surface area (Å²) in [7, 11) is 0. The van der Waals surface area contributed by atoms with Crippen molar-refractivity contribution in [1.82, 2.24) is 19.1 Å². The number of aryl methyl sites for hydroxylation is 3. The van der Waals surface area contributed by atoms with Gasteiger partial charge < -0.3 is 18.6 Å². The Hall–Kier alpha value is -5.91. The fourth-order valence-corrected chi connectivity index (χ4v) is 8.50. The van der Waals surface area contributed by atoms with E-state index >= 15 is 0 Å². The molecule has 0 spiro atoms. The molecule has 53 heavy (non-hydrogen) atoms. The molecule has 6 aromatic carbocycles. The van der Waals surface area contributed by atoms with E-state index < -0.39 is 0 Å². The first-order valence-electron chi connectivity index (χ1n) is 17.5. The SMILES string of the molecule is Cc1cc(C)c(-n2c(-c3[c-]c4c(cc3)Oc3cccc5c3B4c3[c-]c4c(cc3O5)c3ccccc3n4-c3ccccn3)nc3ccccc32)c(C)c1.[Pt+2]. The maximum atomic E-state index is 6.71. The van der Waals surface area contributed by atoms with Crippen LogP contribution in [0.2, 0.25) is 0 Å². The summed E-state index contributed by atoms with van der Waals surface area (Å²) >= 11 is 0. The van der Waals surface area contributed by atoms with Crippen molar-refractivity contribution in [3.63, 3.8) is 0 Å².